The Hall–Kier alpha value is -0.990. The molecule has 1 aliphatic carbocycles. The number of rotatable bonds is 3. The third-order valence-corrected chi connectivity index (χ3v) is 5.19. The molecule has 0 bridgehead atoms. The third-order valence-electron chi connectivity index (χ3n) is 3.98. The Bertz CT molecular complexity index is 603. The van der Waals surface area contributed by atoms with Crippen LogP contribution in [0.5, 0.6) is 0 Å². The van der Waals surface area contributed by atoms with Crippen LogP contribution in [0.3, 0.4) is 0 Å². The molecule has 3 rings (SSSR count). The van der Waals surface area contributed by atoms with Gasteiger partial charge in [0.05, 0.1) is 5.02 Å². The fourth-order valence-electron chi connectivity index (χ4n) is 2.67. The summed E-state index contributed by atoms with van der Waals surface area (Å²) < 4.78 is 0.943. The van der Waals surface area contributed by atoms with Crippen LogP contribution in [0.15, 0.2) is 46.9 Å². The van der Waals surface area contributed by atoms with Gasteiger partial charge >= 0.3 is 0 Å². The van der Waals surface area contributed by atoms with Gasteiger partial charge in [0.1, 0.15) is 0 Å². The molecule has 0 radical (unpaired) electrons. The summed E-state index contributed by atoms with van der Waals surface area (Å²) in [5, 5.41) is 4.32. The molecule has 0 aromatic heterocycles. The molecule has 20 heavy (non-hydrogen) atoms. The molecule has 0 heterocycles. The molecule has 0 amide bonds. The van der Waals surface area contributed by atoms with Gasteiger partial charge in [0.2, 0.25) is 0 Å². The number of hydrogen-bond acceptors (Lipinski definition) is 1. The van der Waals surface area contributed by atoms with E-state index in [0.29, 0.717) is 12.0 Å². The van der Waals surface area contributed by atoms with E-state index in [1.165, 1.54) is 24.0 Å². The fourth-order valence-corrected chi connectivity index (χ4v) is 3.16. The Morgan fingerprint density at radius 1 is 1.10 bits per heavy atom. The molecule has 1 saturated carbocycles. The minimum atomic E-state index is 0.564. The van der Waals surface area contributed by atoms with E-state index in [1.807, 2.05) is 18.2 Å². The van der Waals surface area contributed by atoms with E-state index in [1.54, 1.807) is 0 Å². The number of halogens is 2. The minimum absolute atomic E-state index is 0.564. The van der Waals surface area contributed by atoms with Gasteiger partial charge in [-0.15, -0.1) is 0 Å². The molecule has 2 aromatic carbocycles. The smallest absolute Gasteiger partial charge is 0.0549 e. The highest BCUT2D eigenvalue weighted by atomic mass is 79.9. The van der Waals surface area contributed by atoms with Gasteiger partial charge in [0.25, 0.3) is 0 Å². The van der Waals surface area contributed by atoms with E-state index in [4.69, 9.17) is 11.6 Å². The summed E-state index contributed by atoms with van der Waals surface area (Å²) in [7, 11) is 0. The van der Waals surface area contributed by atoms with Crippen LogP contribution < -0.4 is 5.32 Å². The van der Waals surface area contributed by atoms with Crippen molar-refractivity contribution in [1.82, 2.24) is 0 Å². The first kappa shape index (κ1) is 14.0. The second-order valence-electron chi connectivity index (χ2n) is 5.55. The maximum atomic E-state index is 6.01. The number of nitrogens with one attached hydrogen (secondary N) is 1. The van der Waals surface area contributed by atoms with Crippen LogP contribution in [0.2, 0.25) is 5.02 Å². The van der Waals surface area contributed by atoms with Crippen LogP contribution in [-0.2, 0) is 0 Å². The predicted molar refractivity (Wildman–Crippen MR) is 89.7 cm³/mol. The molecule has 1 nitrogen and oxygen atoms in total. The van der Waals surface area contributed by atoms with E-state index in [2.05, 4.69) is 52.4 Å². The first-order valence-corrected chi connectivity index (χ1v) is 8.07. The number of benzene rings is 2. The van der Waals surface area contributed by atoms with E-state index in [-0.39, 0.29) is 0 Å². The molecule has 0 spiro atoms. The van der Waals surface area contributed by atoms with Crippen LogP contribution in [0, 0.1) is 6.92 Å². The van der Waals surface area contributed by atoms with E-state index >= 15 is 0 Å². The maximum absolute atomic E-state index is 6.01. The van der Waals surface area contributed by atoms with Crippen LogP contribution in [0.25, 0.3) is 0 Å². The zero-order valence-corrected chi connectivity index (χ0v) is 13.7. The van der Waals surface area contributed by atoms with Crippen molar-refractivity contribution in [2.24, 2.45) is 0 Å². The van der Waals surface area contributed by atoms with E-state index in [0.717, 1.165) is 15.2 Å². The molecule has 0 aliphatic heterocycles. The Morgan fingerprint density at radius 2 is 1.80 bits per heavy atom. The van der Waals surface area contributed by atoms with Crippen LogP contribution in [-0.4, -0.2) is 6.04 Å². The largest absolute Gasteiger partial charge is 0.382 e. The summed E-state index contributed by atoms with van der Waals surface area (Å²) in [6.07, 6.45) is 2.40. The second kappa shape index (κ2) is 5.79. The minimum Gasteiger partial charge on any atom is -0.382 e. The van der Waals surface area contributed by atoms with Crippen LogP contribution in [0.1, 0.15) is 29.9 Å². The summed E-state index contributed by atoms with van der Waals surface area (Å²) in [6, 6.07) is 15.5. The van der Waals surface area contributed by atoms with Crippen molar-refractivity contribution < 1.29 is 0 Å². The number of anilines is 1. The predicted octanol–water partition coefficient (Wildman–Crippen LogP) is 5.77. The lowest BCUT2D eigenvalue weighted by molar-refractivity contribution is 0.374. The van der Waals surface area contributed by atoms with Gasteiger partial charge in [-0.3, -0.25) is 0 Å². The van der Waals surface area contributed by atoms with Gasteiger partial charge in [-0.25, -0.2) is 0 Å². The molecular formula is C17H17BrClN. The molecule has 0 saturated heterocycles. The van der Waals surface area contributed by atoms with Gasteiger partial charge in [0, 0.05) is 16.2 Å². The van der Waals surface area contributed by atoms with Crippen molar-refractivity contribution in [1.29, 1.82) is 0 Å². The average molecular weight is 351 g/mol. The number of aryl methyl sites for hydroxylation is 1. The van der Waals surface area contributed by atoms with Gasteiger partial charge in [0.15, 0.2) is 0 Å². The standard InChI is InChI=1S/C17H17BrClN/c1-11-2-4-12(5-3-11)13-8-15(9-13)20-14-6-7-17(19)16(18)10-14/h2-7,10,13,15,20H,8-9H2,1H3. The Kier molecular flexibility index (Phi) is 4.04. The lowest BCUT2D eigenvalue weighted by Gasteiger charge is -2.37. The highest BCUT2D eigenvalue weighted by molar-refractivity contribution is 9.10. The van der Waals surface area contributed by atoms with Crippen LogP contribution >= 0.6 is 27.5 Å². The molecular weight excluding hydrogens is 334 g/mol. The van der Waals surface area contributed by atoms with Gasteiger partial charge in [-0.1, -0.05) is 41.4 Å². The fraction of sp³-hybridized carbons (Fsp3) is 0.294. The molecule has 2 aromatic rings. The number of hydrogen-bond donors (Lipinski definition) is 1. The zero-order valence-electron chi connectivity index (χ0n) is 11.4. The van der Waals surface area contributed by atoms with Crippen molar-refractivity contribution in [2.45, 2.75) is 31.7 Å². The van der Waals surface area contributed by atoms with Crippen molar-refractivity contribution in [3.63, 3.8) is 0 Å². The van der Waals surface area contributed by atoms with Gasteiger partial charge in [-0.05, 0) is 65.4 Å². The summed E-state index contributed by atoms with van der Waals surface area (Å²) in [4.78, 5) is 0. The average Bonchev–Trinajstić information content (AvgIpc) is 2.39. The monoisotopic (exact) mass is 349 g/mol. The lowest BCUT2D eigenvalue weighted by atomic mass is 9.75. The summed E-state index contributed by atoms with van der Waals surface area (Å²) in [5.41, 5.74) is 3.92. The quantitative estimate of drug-likeness (QED) is 0.741. The molecule has 0 unspecified atom stereocenters. The summed E-state index contributed by atoms with van der Waals surface area (Å²) in [5.74, 6) is 0.698. The van der Waals surface area contributed by atoms with E-state index in [9.17, 15) is 0 Å². The Morgan fingerprint density at radius 3 is 2.45 bits per heavy atom. The molecule has 3 heteroatoms. The first-order valence-electron chi connectivity index (χ1n) is 6.90. The topological polar surface area (TPSA) is 12.0 Å². The SMILES string of the molecule is Cc1ccc(C2CC(Nc3ccc(Cl)c(Br)c3)C2)cc1. The van der Waals surface area contributed by atoms with Gasteiger partial charge in [-0.2, -0.15) is 0 Å². The summed E-state index contributed by atoms with van der Waals surface area (Å²) >= 11 is 9.47. The second-order valence-corrected chi connectivity index (χ2v) is 6.81. The molecule has 1 fully saturated rings. The van der Waals surface area contributed by atoms with E-state index < -0.39 is 0 Å². The van der Waals surface area contributed by atoms with Crippen molar-refractivity contribution in [2.75, 3.05) is 5.32 Å². The molecule has 1 aliphatic rings. The first-order chi connectivity index (χ1) is 9.61. The Balaban J connectivity index is 1.58. The van der Waals surface area contributed by atoms with Crippen molar-refractivity contribution in [3.8, 4) is 0 Å². The van der Waals surface area contributed by atoms with Crippen molar-refractivity contribution >= 4 is 33.2 Å². The normalized spacial score (nSPS) is 21.4. The highest BCUT2D eigenvalue weighted by Crippen LogP contribution is 2.39. The molecule has 1 N–H and O–H groups in total. The zero-order chi connectivity index (χ0) is 14.1. The molecule has 104 valence electrons. The summed E-state index contributed by atoms with van der Waals surface area (Å²) in [6.45, 7) is 2.13. The lowest BCUT2D eigenvalue weighted by Crippen LogP contribution is -2.33. The van der Waals surface area contributed by atoms with Crippen LogP contribution in [0.4, 0.5) is 5.69 Å². The Labute approximate surface area is 133 Å². The third kappa shape index (κ3) is 3.02. The molecule has 0 atom stereocenters. The van der Waals surface area contributed by atoms with Crippen molar-refractivity contribution in [3.05, 3.63) is 63.1 Å². The maximum Gasteiger partial charge on any atom is 0.0549 e. The van der Waals surface area contributed by atoms with Gasteiger partial charge < -0.3 is 5.32 Å². The highest BCUT2D eigenvalue weighted by Gasteiger charge is 2.30.